The molecule has 2 aliphatic rings. The van der Waals surface area contributed by atoms with Gasteiger partial charge in [0.05, 0.1) is 5.92 Å². The van der Waals surface area contributed by atoms with Gasteiger partial charge in [-0.2, -0.15) is 13.2 Å². The Bertz CT molecular complexity index is 306. The van der Waals surface area contributed by atoms with E-state index in [0.717, 1.165) is 25.9 Å². The maximum Gasteiger partial charge on any atom is 0.391 e. The van der Waals surface area contributed by atoms with Crippen molar-refractivity contribution in [2.24, 2.45) is 11.8 Å². The molecule has 0 bridgehead atoms. The monoisotopic (exact) mass is 278 g/mol. The number of halogens is 3. The quantitative estimate of drug-likeness (QED) is 0.839. The van der Waals surface area contributed by atoms with E-state index in [-0.39, 0.29) is 31.8 Å². The number of carbonyl (C=O) groups is 1. The summed E-state index contributed by atoms with van der Waals surface area (Å²) in [6.45, 7) is 2.36. The Labute approximate surface area is 111 Å². The number of hydrogen-bond donors (Lipinski definition) is 1. The molecular weight excluding hydrogens is 257 g/mol. The van der Waals surface area contributed by atoms with Crippen molar-refractivity contribution >= 4 is 5.91 Å². The van der Waals surface area contributed by atoms with Crippen LogP contribution in [0, 0.1) is 11.8 Å². The number of hydrogen-bond acceptors (Lipinski definition) is 2. The predicted octanol–water partition coefficient (Wildman–Crippen LogP) is 2.18. The van der Waals surface area contributed by atoms with Crippen molar-refractivity contribution < 1.29 is 18.0 Å². The summed E-state index contributed by atoms with van der Waals surface area (Å²) in [5.74, 6) is -0.858. The highest BCUT2D eigenvalue weighted by Gasteiger charge is 2.41. The lowest BCUT2D eigenvalue weighted by Crippen LogP contribution is -2.43. The molecule has 3 nitrogen and oxygen atoms in total. The van der Waals surface area contributed by atoms with Gasteiger partial charge in [-0.15, -0.1) is 0 Å². The van der Waals surface area contributed by atoms with Gasteiger partial charge in [-0.05, 0) is 44.7 Å². The lowest BCUT2D eigenvalue weighted by molar-refractivity contribution is -0.186. The molecule has 2 rings (SSSR count). The van der Waals surface area contributed by atoms with Crippen molar-refractivity contribution in [3.05, 3.63) is 0 Å². The number of piperidine rings is 2. The van der Waals surface area contributed by atoms with Crippen LogP contribution < -0.4 is 5.32 Å². The highest BCUT2D eigenvalue weighted by Crippen LogP contribution is 2.34. The zero-order chi connectivity index (χ0) is 13.9. The van der Waals surface area contributed by atoms with Gasteiger partial charge in [-0.1, -0.05) is 0 Å². The third-order valence-corrected chi connectivity index (χ3v) is 4.17. The van der Waals surface area contributed by atoms with Gasteiger partial charge in [-0.3, -0.25) is 4.79 Å². The van der Waals surface area contributed by atoms with Crippen LogP contribution >= 0.6 is 0 Å². The molecule has 1 N–H and O–H groups in total. The van der Waals surface area contributed by atoms with Gasteiger partial charge in [-0.25, -0.2) is 0 Å². The molecule has 1 atom stereocenters. The molecule has 19 heavy (non-hydrogen) atoms. The van der Waals surface area contributed by atoms with Crippen molar-refractivity contribution in [1.82, 2.24) is 10.2 Å². The minimum Gasteiger partial charge on any atom is -0.343 e. The molecule has 1 amide bonds. The largest absolute Gasteiger partial charge is 0.391 e. The molecule has 2 aliphatic heterocycles. The molecule has 0 aromatic rings. The van der Waals surface area contributed by atoms with Crippen molar-refractivity contribution in [2.75, 3.05) is 26.2 Å². The summed E-state index contributed by atoms with van der Waals surface area (Å²) in [5.41, 5.74) is 0. The maximum absolute atomic E-state index is 12.5. The molecule has 0 aliphatic carbocycles. The first kappa shape index (κ1) is 14.6. The average molecular weight is 278 g/mol. The second kappa shape index (κ2) is 6.11. The molecule has 0 radical (unpaired) electrons. The van der Waals surface area contributed by atoms with E-state index < -0.39 is 12.1 Å². The smallest absolute Gasteiger partial charge is 0.343 e. The highest BCUT2D eigenvalue weighted by atomic mass is 19.4. The number of nitrogens with zero attached hydrogens (tertiary/aromatic N) is 1. The van der Waals surface area contributed by atoms with Crippen molar-refractivity contribution in [3.8, 4) is 0 Å². The number of nitrogens with one attached hydrogen (secondary N) is 1. The molecule has 6 heteroatoms. The number of alkyl halides is 3. The van der Waals surface area contributed by atoms with Crippen LogP contribution in [0.25, 0.3) is 0 Å². The van der Waals surface area contributed by atoms with Crippen LogP contribution in [0.5, 0.6) is 0 Å². The fraction of sp³-hybridized carbons (Fsp3) is 0.923. The summed E-state index contributed by atoms with van der Waals surface area (Å²) in [6, 6.07) is 0. The Kier molecular flexibility index (Phi) is 4.71. The molecule has 0 saturated carbocycles. The van der Waals surface area contributed by atoms with Crippen LogP contribution in [0.15, 0.2) is 0 Å². The Hall–Kier alpha value is -0.780. The van der Waals surface area contributed by atoms with Crippen LogP contribution in [-0.4, -0.2) is 43.2 Å². The topological polar surface area (TPSA) is 32.3 Å². The second-order valence-electron chi connectivity index (χ2n) is 5.61. The van der Waals surface area contributed by atoms with Gasteiger partial charge in [0.15, 0.2) is 0 Å². The highest BCUT2D eigenvalue weighted by molar-refractivity contribution is 5.76. The van der Waals surface area contributed by atoms with E-state index in [1.165, 1.54) is 0 Å². The van der Waals surface area contributed by atoms with Gasteiger partial charge < -0.3 is 10.2 Å². The number of carbonyl (C=O) groups excluding carboxylic acids is 1. The lowest BCUT2D eigenvalue weighted by Gasteiger charge is -2.34. The van der Waals surface area contributed by atoms with Crippen LogP contribution in [0.4, 0.5) is 13.2 Å². The molecule has 1 unspecified atom stereocenters. The summed E-state index contributed by atoms with van der Waals surface area (Å²) in [5, 5.41) is 3.25. The van der Waals surface area contributed by atoms with E-state index in [1.807, 2.05) is 0 Å². The van der Waals surface area contributed by atoms with Gasteiger partial charge in [0.2, 0.25) is 5.91 Å². The lowest BCUT2D eigenvalue weighted by atomic mass is 9.93. The summed E-state index contributed by atoms with van der Waals surface area (Å²) >= 11 is 0. The maximum atomic E-state index is 12.5. The predicted molar refractivity (Wildman–Crippen MR) is 65.6 cm³/mol. The minimum atomic E-state index is -4.11. The molecule has 2 saturated heterocycles. The number of rotatable bonds is 2. The van der Waals surface area contributed by atoms with E-state index in [9.17, 15) is 18.0 Å². The van der Waals surface area contributed by atoms with Crippen molar-refractivity contribution in [3.63, 3.8) is 0 Å². The van der Waals surface area contributed by atoms with E-state index in [1.54, 1.807) is 4.90 Å². The van der Waals surface area contributed by atoms with Gasteiger partial charge in [0.25, 0.3) is 0 Å². The fourth-order valence-electron chi connectivity index (χ4n) is 2.93. The minimum absolute atomic E-state index is 0.0225. The Balaban J connectivity index is 1.76. The first-order valence-corrected chi connectivity index (χ1v) is 7.02. The summed E-state index contributed by atoms with van der Waals surface area (Å²) in [4.78, 5) is 13.6. The Morgan fingerprint density at radius 3 is 2.42 bits per heavy atom. The summed E-state index contributed by atoms with van der Waals surface area (Å²) < 4.78 is 37.6. The first-order valence-electron chi connectivity index (χ1n) is 7.02. The normalized spacial score (nSPS) is 26.5. The summed E-state index contributed by atoms with van der Waals surface area (Å²) in [6.07, 6.45) is -1.41. The third-order valence-electron chi connectivity index (χ3n) is 4.17. The first-order chi connectivity index (χ1) is 8.97. The average Bonchev–Trinajstić information content (AvgIpc) is 2.39. The molecule has 2 heterocycles. The zero-order valence-corrected chi connectivity index (χ0v) is 11.0. The van der Waals surface area contributed by atoms with Gasteiger partial charge in [0.1, 0.15) is 0 Å². The van der Waals surface area contributed by atoms with Crippen LogP contribution in [0.3, 0.4) is 0 Å². The van der Waals surface area contributed by atoms with Gasteiger partial charge >= 0.3 is 6.18 Å². The van der Waals surface area contributed by atoms with Crippen LogP contribution in [-0.2, 0) is 4.79 Å². The molecule has 110 valence electrons. The van der Waals surface area contributed by atoms with E-state index in [2.05, 4.69) is 5.32 Å². The number of amides is 1. The standard InChI is InChI=1S/C13H21F3N2O/c14-13(15,16)11-3-6-18(7-4-11)12(19)8-10-2-1-5-17-9-10/h10-11,17H,1-9H2. The molecular formula is C13H21F3N2O. The van der Waals surface area contributed by atoms with Crippen molar-refractivity contribution in [1.29, 1.82) is 0 Å². The third kappa shape index (κ3) is 4.09. The molecule has 0 spiro atoms. The fourth-order valence-corrected chi connectivity index (χ4v) is 2.93. The SMILES string of the molecule is O=C(CC1CCCNC1)N1CCC(C(F)(F)F)CC1. The van der Waals surface area contributed by atoms with Gasteiger partial charge in [0, 0.05) is 19.5 Å². The van der Waals surface area contributed by atoms with E-state index >= 15 is 0 Å². The van der Waals surface area contributed by atoms with Crippen LogP contribution in [0.1, 0.15) is 32.1 Å². The van der Waals surface area contributed by atoms with Crippen molar-refractivity contribution in [2.45, 2.75) is 38.3 Å². The molecule has 0 aromatic heterocycles. The van der Waals surface area contributed by atoms with E-state index in [0.29, 0.717) is 12.3 Å². The second-order valence-corrected chi connectivity index (χ2v) is 5.61. The Morgan fingerprint density at radius 2 is 1.89 bits per heavy atom. The van der Waals surface area contributed by atoms with Crippen LogP contribution in [0.2, 0.25) is 0 Å². The van der Waals surface area contributed by atoms with E-state index in [4.69, 9.17) is 0 Å². The number of likely N-dealkylation sites (tertiary alicyclic amines) is 1. The summed E-state index contributed by atoms with van der Waals surface area (Å²) in [7, 11) is 0. The Morgan fingerprint density at radius 1 is 1.21 bits per heavy atom. The molecule has 2 fully saturated rings. The zero-order valence-electron chi connectivity index (χ0n) is 11.0. The molecule has 0 aromatic carbocycles.